The smallest absolute Gasteiger partial charge is 0.375 e. The number of anilines is 1. The lowest BCUT2D eigenvalue weighted by molar-refractivity contribution is -0.130. The molecule has 0 bridgehead atoms. The molecular weight excluding hydrogens is 417 g/mol. The van der Waals surface area contributed by atoms with Gasteiger partial charge in [-0.25, -0.2) is 18.0 Å². The van der Waals surface area contributed by atoms with Gasteiger partial charge in [0.2, 0.25) is 11.7 Å². The molecule has 3 rings (SSSR count). The van der Waals surface area contributed by atoms with Gasteiger partial charge in [0.05, 0.1) is 12.2 Å². The summed E-state index contributed by atoms with van der Waals surface area (Å²) in [4.78, 5) is 36.3. The van der Waals surface area contributed by atoms with E-state index in [0.29, 0.717) is 17.2 Å². The van der Waals surface area contributed by atoms with Gasteiger partial charge in [0.25, 0.3) is 5.91 Å². The molecule has 0 aliphatic carbocycles. The summed E-state index contributed by atoms with van der Waals surface area (Å²) >= 11 is 0. The van der Waals surface area contributed by atoms with Crippen LogP contribution in [-0.4, -0.2) is 30.4 Å². The monoisotopic (exact) mass is 434 g/mol. The molecule has 2 N–H and O–H groups in total. The van der Waals surface area contributed by atoms with E-state index >= 15 is 0 Å². The van der Waals surface area contributed by atoms with E-state index in [1.54, 1.807) is 31.2 Å². The number of ether oxygens (including phenoxy) is 1. The maximum atomic E-state index is 13.6. The van der Waals surface area contributed by atoms with Crippen molar-refractivity contribution in [3.8, 4) is 0 Å². The SMILES string of the molecule is Cc1c(C(=O)OC(C)C(=O)NCC(=O)Nc2ccc(F)c(F)c2F)oc2ccccc12. The Morgan fingerprint density at radius 3 is 2.48 bits per heavy atom. The molecule has 0 fully saturated rings. The first-order chi connectivity index (χ1) is 14.7. The molecule has 0 aliphatic rings. The molecule has 3 aromatic rings. The van der Waals surface area contributed by atoms with Crippen molar-refractivity contribution in [2.75, 3.05) is 11.9 Å². The van der Waals surface area contributed by atoms with Crippen LogP contribution in [0.5, 0.6) is 0 Å². The third kappa shape index (κ3) is 4.68. The minimum atomic E-state index is -1.73. The van der Waals surface area contributed by atoms with Gasteiger partial charge >= 0.3 is 5.97 Å². The van der Waals surface area contributed by atoms with Gasteiger partial charge in [-0.05, 0) is 32.0 Å². The van der Waals surface area contributed by atoms with Gasteiger partial charge in [-0.3, -0.25) is 9.59 Å². The zero-order chi connectivity index (χ0) is 22.7. The Kier molecular flexibility index (Phi) is 6.28. The van der Waals surface area contributed by atoms with Gasteiger partial charge in [0.1, 0.15) is 5.58 Å². The highest BCUT2D eigenvalue weighted by Gasteiger charge is 2.24. The fourth-order valence-electron chi connectivity index (χ4n) is 2.76. The topological polar surface area (TPSA) is 97.6 Å². The maximum Gasteiger partial charge on any atom is 0.375 e. The van der Waals surface area contributed by atoms with E-state index in [0.717, 1.165) is 11.5 Å². The van der Waals surface area contributed by atoms with Crippen molar-refractivity contribution in [2.24, 2.45) is 0 Å². The zero-order valence-electron chi connectivity index (χ0n) is 16.4. The highest BCUT2D eigenvalue weighted by molar-refractivity contribution is 5.98. The first-order valence-electron chi connectivity index (χ1n) is 9.09. The Morgan fingerprint density at radius 1 is 1.06 bits per heavy atom. The first-order valence-corrected chi connectivity index (χ1v) is 9.09. The van der Waals surface area contributed by atoms with Crippen LogP contribution in [-0.2, 0) is 14.3 Å². The Morgan fingerprint density at radius 2 is 1.77 bits per heavy atom. The summed E-state index contributed by atoms with van der Waals surface area (Å²) in [6, 6.07) is 8.47. The third-order valence-corrected chi connectivity index (χ3v) is 4.41. The van der Waals surface area contributed by atoms with Gasteiger partial charge < -0.3 is 19.8 Å². The number of nitrogens with one attached hydrogen (secondary N) is 2. The van der Waals surface area contributed by atoms with Crippen LogP contribution in [0.2, 0.25) is 0 Å². The molecule has 0 radical (unpaired) electrons. The van der Waals surface area contributed by atoms with E-state index < -0.39 is 53.6 Å². The van der Waals surface area contributed by atoms with Gasteiger partial charge in [-0.15, -0.1) is 0 Å². The summed E-state index contributed by atoms with van der Waals surface area (Å²) < 4.78 is 50.2. The molecule has 2 aromatic carbocycles. The fraction of sp³-hybridized carbons (Fsp3) is 0.190. The van der Waals surface area contributed by atoms with E-state index in [9.17, 15) is 27.6 Å². The minimum Gasteiger partial charge on any atom is -0.449 e. The predicted octanol–water partition coefficient (Wildman–Crippen LogP) is 3.46. The summed E-state index contributed by atoms with van der Waals surface area (Å²) in [5.41, 5.74) is 0.462. The third-order valence-electron chi connectivity index (χ3n) is 4.41. The first kappa shape index (κ1) is 21.9. The van der Waals surface area contributed by atoms with Crippen molar-refractivity contribution in [3.63, 3.8) is 0 Å². The molecule has 0 saturated carbocycles. The summed E-state index contributed by atoms with van der Waals surface area (Å²) in [6.07, 6.45) is -1.27. The Hall–Kier alpha value is -3.82. The second-order valence-corrected chi connectivity index (χ2v) is 6.59. The Balaban J connectivity index is 1.55. The molecule has 0 saturated heterocycles. The molecule has 1 atom stereocenters. The summed E-state index contributed by atoms with van der Waals surface area (Å²) in [6.45, 7) is 2.34. The molecular formula is C21H17F3N2O5. The standard InChI is InChI=1S/C21H17F3N2O5/c1-10-12-5-3-4-6-15(12)31-19(10)21(29)30-11(2)20(28)25-9-16(27)26-14-8-7-13(22)17(23)18(14)24/h3-8,11H,9H2,1-2H3,(H,25,28)(H,26,27). The Bertz CT molecular complexity index is 1180. The van der Waals surface area contributed by atoms with Crippen LogP contribution >= 0.6 is 0 Å². The number of carbonyl (C=O) groups excluding carboxylic acids is 3. The Labute approximate surface area is 174 Å². The number of amides is 2. The lowest BCUT2D eigenvalue weighted by Crippen LogP contribution is -2.40. The molecule has 1 heterocycles. The number of hydrogen-bond acceptors (Lipinski definition) is 5. The molecule has 0 aliphatic heterocycles. The van der Waals surface area contributed by atoms with Crippen LogP contribution in [0.25, 0.3) is 11.0 Å². The van der Waals surface area contributed by atoms with Gasteiger partial charge in [0, 0.05) is 10.9 Å². The second kappa shape index (κ2) is 8.90. The average molecular weight is 434 g/mol. The molecule has 0 spiro atoms. The van der Waals surface area contributed by atoms with Crippen LogP contribution in [0.1, 0.15) is 23.0 Å². The number of aryl methyl sites for hydroxylation is 1. The zero-order valence-corrected chi connectivity index (χ0v) is 16.4. The fourth-order valence-corrected chi connectivity index (χ4v) is 2.76. The molecule has 31 heavy (non-hydrogen) atoms. The number of esters is 1. The highest BCUT2D eigenvalue weighted by Crippen LogP contribution is 2.25. The van der Waals surface area contributed by atoms with Gasteiger partial charge in [0.15, 0.2) is 23.6 Å². The number of furan rings is 1. The van der Waals surface area contributed by atoms with E-state index in [2.05, 4.69) is 5.32 Å². The number of rotatable bonds is 6. The van der Waals surface area contributed by atoms with Crippen LogP contribution < -0.4 is 10.6 Å². The van der Waals surface area contributed by atoms with E-state index in [4.69, 9.17) is 9.15 Å². The molecule has 10 heteroatoms. The van der Waals surface area contributed by atoms with Crippen molar-refractivity contribution in [1.82, 2.24) is 5.32 Å². The average Bonchev–Trinajstić information content (AvgIpc) is 3.09. The number of halogens is 3. The second-order valence-electron chi connectivity index (χ2n) is 6.59. The number of hydrogen-bond donors (Lipinski definition) is 2. The lowest BCUT2D eigenvalue weighted by atomic mass is 10.1. The largest absolute Gasteiger partial charge is 0.449 e. The summed E-state index contributed by atoms with van der Waals surface area (Å²) in [7, 11) is 0. The van der Waals surface area contributed by atoms with Crippen molar-refractivity contribution in [2.45, 2.75) is 20.0 Å². The van der Waals surface area contributed by atoms with Crippen molar-refractivity contribution in [3.05, 3.63) is 65.2 Å². The number of benzene rings is 2. The van der Waals surface area contributed by atoms with Crippen LogP contribution in [0, 0.1) is 24.4 Å². The predicted molar refractivity (Wildman–Crippen MR) is 104 cm³/mol. The molecule has 1 unspecified atom stereocenters. The van der Waals surface area contributed by atoms with E-state index in [1.807, 2.05) is 5.32 Å². The summed E-state index contributed by atoms with van der Waals surface area (Å²) in [5, 5.41) is 4.93. The van der Waals surface area contributed by atoms with Crippen molar-refractivity contribution >= 4 is 34.4 Å². The van der Waals surface area contributed by atoms with E-state index in [1.165, 1.54) is 6.92 Å². The number of para-hydroxylation sites is 1. The number of carbonyl (C=O) groups is 3. The van der Waals surface area contributed by atoms with Crippen LogP contribution in [0.3, 0.4) is 0 Å². The molecule has 7 nitrogen and oxygen atoms in total. The quantitative estimate of drug-likeness (QED) is 0.458. The van der Waals surface area contributed by atoms with Crippen molar-refractivity contribution in [1.29, 1.82) is 0 Å². The minimum absolute atomic E-state index is 0.0487. The molecule has 162 valence electrons. The van der Waals surface area contributed by atoms with E-state index in [-0.39, 0.29) is 5.76 Å². The van der Waals surface area contributed by atoms with Gasteiger partial charge in [-0.1, -0.05) is 18.2 Å². The molecule has 1 aromatic heterocycles. The molecule has 2 amide bonds. The van der Waals surface area contributed by atoms with Crippen LogP contribution in [0.4, 0.5) is 18.9 Å². The van der Waals surface area contributed by atoms with Gasteiger partial charge in [-0.2, -0.15) is 0 Å². The number of fused-ring (bicyclic) bond motifs is 1. The summed E-state index contributed by atoms with van der Waals surface area (Å²) in [5.74, 6) is -7.31. The van der Waals surface area contributed by atoms with Crippen LogP contribution in [0.15, 0.2) is 40.8 Å². The maximum absolute atomic E-state index is 13.6. The van der Waals surface area contributed by atoms with Crippen molar-refractivity contribution < 1.29 is 36.7 Å². The normalized spacial score (nSPS) is 11.8. The lowest BCUT2D eigenvalue weighted by Gasteiger charge is -2.13. The highest BCUT2D eigenvalue weighted by atomic mass is 19.2.